The molecule has 0 aromatic heterocycles. The quantitative estimate of drug-likeness (QED) is 0.510. The molecule has 0 saturated carbocycles. The number of nitrogens with one attached hydrogen (secondary N) is 1. The number of anilines is 1. The zero-order valence-electron chi connectivity index (χ0n) is 14.2. The lowest BCUT2D eigenvalue weighted by atomic mass is 10.2. The van der Waals surface area contributed by atoms with Crippen LogP contribution >= 0.6 is 23.2 Å². The smallest absolute Gasteiger partial charge is 0.138 e. The van der Waals surface area contributed by atoms with Crippen molar-refractivity contribution in [1.82, 2.24) is 0 Å². The maximum atomic E-state index is 13.6. The van der Waals surface area contributed by atoms with Gasteiger partial charge in [0, 0.05) is 22.8 Å². The molecule has 3 rings (SSSR count). The van der Waals surface area contributed by atoms with Gasteiger partial charge in [0.15, 0.2) is 0 Å². The summed E-state index contributed by atoms with van der Waals surface area (Å²) in [4.78, 5) is 0. The molecule has 0 radical (unpaired) electrons. The lowest BCUT2D eigenvalue weighted by Gasteiger charge is -2.12. The van der Waals surface area contributed by atoms with Crippen LogP contribution in [0.5, 0.6) is 5.75 Å². The molecule has 2 nitrogen and oxygen atoms in total. The van der Waals surface area contributed by atoms with E-state index in [1.54, 1.807) is 24.3 Å². The Labute approximate surface area is 162 Å². The van der Waals surface area contributed by atoms with Crippen LogP contribution in [0, 0.1) is 12.7 Å². The van der Waals surface area contributed by atoms with Crippen LogP contribution in [0.4, 0.5) is 10.1 Å². The zero-order chi connectivity index (χ0) is 18.5. The minimum atomic E-state index is -0.291. The third-order valence-electron chi connectivity index (χ3n) is 4.01. The number of hydrogen-bond donors (Lipinski definition) is 1. The van der Waals surface area contributed by atoms with Crippen LogP contribution in [0.1, 0.15) is 16.7 Å². The Hall–Kier alpha value is -2.23. The monoisotopic (exact) mass is 389 g/mol. The molecule has 0 atom stereocenters. The van der Waals surface area contributed by atoms with Crippen LogP contribution in [0.3, 0.4) is 0 Å². The van der Waals surface area contributed by atoms with Crippen LogP contribution in [0.25, 0.3) is 0 Å². The number of halogens is 3. The number of hydrogen-bond acceptors (Lipinski definition) is 2. The molecule has 0 aliphatic carbocycles. The van der Waals surface area contributed by atoms with Crippen molar-refractivity contribution >= 4 is 28.9 Å². The maximum Gasteiger partial charge on any atom is 0.138 e. The number of benzene rings is 3. The Morgan fingerprint density at radius 1 is 0.962 bits per heavy atom. The second-order valence-corrected chi connectivity index (χ2v) is 6.78. The molecule has 0 fully saturated rings. The summed E-state index contributed by atoms with van der Waals surface area (Å²) in [5.41, 5.74) is 3.48. The molecule has 0 unspecified atom stereocenters. The maximum absolute atomic E-state index is 13.6. The summed E-state index contributed by atoms with van der Waals surface area (Å²) in [7, 11) is 0. The molecular formula is C21H18Cl2FNO. The topological polar surface area (TPSA) is 21.3 Å². The van der Waals surface area contributed by atoms with E-state index in [1.165, 1.54) is 6.07 Å². The Kier molecular flexibility index (Phi) is 6.02. The Morgan fingerprint density at radius 2 is 1.77 bits per heavy atom. The summed E-state index contributed by atoms with van der Waals surface area (Å²) in [6, 6.07) is 17.9. The van der Waals surface area contributed by atoms with Gasteiger partial charge in [-0.1, -0.05) is 53.5 Å². The van der Waals surface area contributed by atoms with E-state index in [-0.39, 0.29) is 12.4 Å². The van der Waals surface area contributed by atoms with Crippen molar-refractivity contribution in [2.75, 3.05) is 5.32 Å². The first kappa shape index (κ1) is 18.6. The standard InChI is InChI=1S/C21H18Cl2FNO/c1-14-6-8-17(11-18(14)22)25-12-15-7-9-21(19(23)10-15)26-13-16-4-2-3-5-20(16)24/h2-11,25H,12-13H2,1H3. The zero-order valence-corrected chi connectivity index (χ0v) is 15.7. The van der Waals surface area contributed by atoms with Crippen LogP contribution in [-0.2, 0) is 13.2 Å². The van der Waals surface area contributed by atoms with E-state index >= 15 is 0 Å². The van der Waals surface area contributed by atoms with Gasteiger partial charge in [-0.25, -0.2) is 4.39 Å². The van der Waals surface area contributed by atoms with Crippen molar-refractivity contribution in [2.45, 2.75) is 20.1 Å². The van der Waals surface area contributed by atoms with E-state index in [9.17, 15) is 4.39 Å². The van der Waals surface area contributed by atoms with Gasteiger partial charge >= 0.3 is 0 Å². The Balaban J connectivity index is 1.61. The normalized spacial score (nSPS) is 10.6. The molecule has 0 aliphatic rings. The van der Waals surface area contributed by atoms with E-state index in [0.29, 0.717) is 22.9 Å². The Bertz CT molecular complexity index is 914. The lowest BCUT2D eigenvalue weighted by Crippen LogP contribution is -2.01. The fourth-order valence-corrected chi connectivity index (χ4v) is 2.89. The molecular weight excluding hydrogens is 372 g/mol. The second-order valence-electron chi connectivity index (χ2n) is 5.96. The minimum absolute atomic E-state index is 0.131. The molecule has 3 aromatic carbocycles. The largest absolute Gasteiger partial charge is 0.487 e. The minimum Gasteiger partial charge on any atom is -0.487 e. The molecule has 1 N–H and O–H groups in total. The van der Waals surface area contributed by atoms with Gasteiger partial charge in [0.05, 0.1) is 5.02 Å². The first-order valence-corrected chi connectivity index (χ1v) is 8.93. The Morgan fingerprint density at radius 3 is 2.50 bits per heavy atom. The lowest BCUT2D eigenvalue weighted by molar-refractivity contribution is 0.300. The summed E-state index contributed by atoms with van der Waals surface area (Å²) in [5, 5.41) is 4.52. The highest BCUT2D eigenvalue weighted by Gasteiger charge is 2.06. The van der Waals surface area contributed by atoms with E-state index in [1.807, 2.05) is 37.3 Å². The molecule has 0 saturated heterocycles. The molecule has 0 amide bonds. The predicted octanol–water partition coefficient (Wildman–Crippen LogP) is 6.63. The summed E-state index contributed by atoms with van der Waals surface area (Å²) >= 11 is 12.4. The molecule has 5 heteroatoms. The number of rotatable bonds is 6. The highest BCUT2D eigenvalue weighted by Crippen LogP contribution is 2.27. The molecule has 0 aliphatic heterocycles. The first-order chi connectivity index (χ1) is 12.5. The van der Waals surface area contributed by atoms with Gasteiger partial charge in [0.1, 0.15) is 18.2 Å². The fraction of sp³-hybridized carbons (Fsp3) is 0.143. The van der Waals surface area contributed by atoms with E-state index in [2.05, 4.69) is 5.32 Å². The highest BCUT2D eigenvalue weighted by atomic mass is 35.5. The van der Waals surface area contributed by atoms with Gasteiger partial charge in [0.25, 0.3) is 0 Å². The first-order valence-electron chi connectivity index (χ1n) is 8.17. The molecule has 0 spiro atoms. The summed E-state index contributed by atoms with van der Waals surface area (Å²) in [6.07, 6.45) is 0. The van der Waals surface area contributed by atoms with Crippen molar-refractivity contribution in [3.05, 3.63) is 93.2 Å². The highest BCUT2D eigenvalue weighted by molar-refractivity contribution is 6.32. The summed E-state index contributed by atoms with van der Waals surface area (Å²) < 4.78 is 19.3. The van der Waals surface area contributed by atoms with Crippen molar-refractivity contribution in [1.29, 1.82) is 0 Å². The number of ether oxygens (including phenoxy) is 1. The second kappa shape index (κ2) is 8.43. The van der Waals surface area contributed by atoms with E-state index in [0.717, 1.165) is 21.8 Å². The van der Waals surface area contributed by atoms with Crippen LogP contribution in [-0.4, -0.2) is 0 Å². The van der Waals surface area contributed by atoms with Crippen molar-refractivity contribution in [3.8, 4) is 5.75 Å². The summed E-state index contributed by atoms with van der Waals surface area (Å²) in [6.45, 7) is 2.70. The van der Waals surface area contributed by atoms with Crippen molar-refractivity contribution in [3.63, 3.8) is 0 Å². The number of aryl methyl sites for hydroxylation is 1. The average Bonchev–Trinajstić information content (AvgIpc) is 2.63. The van der Waals surface area contributed by atoms with Gasteiger partial charge in [-0.05, 0) is 48.4 Å². The van der Waals surface area contributed by atoms with Gasteiger partial charge < -0.3 is 10.1 Å². The third kappa shape index (κ3) is 4.69. The molecule has 26 heavy (non-hydrogen) atoms. The molecule has 3 aromatic rings. The van der Waals surface area contributed by atoms with Gasteiger partial charge in [0.2, 0.25) is 0 Å². The van der Waals surface area contributed by atoms with E-state index in [4.69, 9.17) is 27.9 Å². The SMILES string of the molecule is Cc1ccc(NCc2ccc(OCc3ccccc3F)c(Cl)c2)cc1Cl. The molecule has 0 heterocycles. The van der Waals surface area contributed by atoms with Gasteiger partial charge in [-0.15, -0.1) is 0 Å². The van der Waals surface area contributed by atoms with E-state index < -0.39 is 0 Å². The van der Waals surface area contributed by atoms with Crippen LogP contribution < -0.4 is 10.1 Å². The van der Waals surface area contributed by atoms with Crippen molar-refractivity contribution in [2.24, 2.45) is 0 Å². The average molecular weight is 390 g/mol. The third-order valence-corrected chi connectivity index (χ3v) is 4.71. The van der Waals surface area contributed by atoms with Crippen LogP contribution in [0.2, 0.25) is 10.0 Å². The van der Waals surface area contributed by atoms with Crippen LogP contribution in [0.15, 0.2) is 60.7 Å². The van der Waals surface area contributed by atoms with Gasteiger partial charge in [-0.2, -0.15) is 0 Å². The summed E-state index contributed by atoms with van der Waals surface area (Å²) in [5.74, 6) is 0.234. The molecule has 134 valence electrons. The van der Waals surface area contributed by atoms with Gasteiger partial charge in [-0.3, -0.25) is 0 Å². The van der Waals surface area contributed by atoms with Crippen molar-refractivity contribution < 1.29 is 9.13 Å². The fourth-order valence-electron chi connectivity index (χ4n) is 2.45. The molecule has 0 bridgehead atoms. The predicted molar refractivity (Wildman–Crippen MR) is 106 cm³/mol.